The quantitative estimate of drug-likeness (QED) is 0.228. The summed E-state index contributed by atoms with van der Waals surface area (Å²) in [7, 11) is 0. The van der Waals surface area contributed by atoms with Crippen LogP contribution in [0.5, 0.6) is 0 Å². The number of aromatic nitrogens is 2. The van der Waals surface area contributed by atoms with Crippen molar-refractivity contribution in [3.63, 3.8) is 0 Å². The second-order valence-corrected chi connectivity index (χ2v) is 18.1. The molecule has 5 rings (SSSR count). The van der Waals surface area contributed by atoms with Gasteiger partial charge in [-0.05, 0) is 137 Å². The van der Waals surface area contributed by atoms with Gasteiger partial charge in [0.25, 0.3) is 11.5 Å². The number of ether oxygens (including phenoxy) is 2. The zero-order chi connectivity index (χ0) is 42.7. The lowest BCUT2D eigenvalue weighted by Crippen LogP contribution is -2.56. The monoisotopic (exact) mass is 799 g/mol. The van der Waals surface area contributed by atoms with Crippen LogP contribution in [0.15, 0.2) is 41.3 Å². The molecular formula is C45H65N7O6. The molecule has 0 saturated carbocycles. The number of carbonyl (C=O) groups excluding carboxylic acids is 3. The second kappa shape index (κ2) is 17.9. The summed E-state index contributed by atoms with van der Waals surface area (Å²) in [5.41, 5.74) is 5.72. The van der Waals surface area contributed by atoms with E-state index in [4.69, 9.17) is 14.5 Å². The minimum Gasteiger partial charge on any atom is -0.444 e. The van der Waals surface area contributed by atoms with Crippen molar-refractivity contribution in [3.05, 3.63) is 80.5 Å². The van der Waals surface area contributed by atoms with E-state index in [0.717, 1.165) is 65.3 Å². The van der Waals surface area contributed by atoms with Gasteiger partial charge in [-0.15, -0.1) is 0 Å². The number of H-pyrrole nitrogens is 1. The van der Waals surface area contributed by atoms with Crippen LogP contribution in [-0.2, 0) is 22.6 Å². The molecule has 3 amide bonds. The van der Waals surface area contributed by atoms with Crippen molar-refractivity contribution in [1.29, 1.82) is 0 Å². The van der Waals surface area contributed by atoms with Crippen LogP contribution in [-0.4, -0.2) is 105 Å². The summed E-state index contributed by atoms with van der Waals surface area (Å²) in [6.45, 7) is 27.3. The molecule has 13 heteroatoms. The predicted molar refractivity (Wildman–Crippen MR) is 228 cm³/mol. The van der Waals surface area contributed by atoms with Crippen molar-refractivity contribution in [1.82, 2.24) is 30.0 Å². The number of piperidine rings is 1. The Morgan fingerprint density at radius 3 is 2.05 bits per heavy atom. The van der Waals surface area contributed by atoms with E-state index >= 15 is 0 Å². The molecule has 4 heterocycles. The van der Waals surface area contributed by atoms with Gasteiger partial charge in [0.15, 0.2) is 0 Å². The standard InChI is InChI=1S/C45H65N7O6/c1-13-51(36-21-30(4)52(31(5)22-36)43(56)58-45(10,11)12)39-24-34(23-37(32(39)6)40(53)47-26-38-28(2)20-29(3)48-41(38)54)33-14-15-35(46-25-33)27-49-16-18-50(19-17-49)42(55)57-44(7,8)9/h14-15,20,23-25,30-31,36H,13,16-19,21-22,26-27H2,1-12H3,(H,47,53)(H,48,54). The minimum absolute atomic E-state index is 0.0585. The fraction of sp³-hybridized carbons (Fsp3) is 0.578. The van der Waals surface area contributed by atoms with Gasteiger partial charge >= 0.3 is 12.2 Å². The van der Waals surface area contributed by atoms with Crippen LogP contribution >= 0.6 is 0 Å². The number of rotatable bonds is 9. The number of piperazine rings is 1. The highest BCUT2D eigenvalue weighted by molar-refractivity contribution is 5.99. The highest BCUT2D eigenvalue weighted by atomic mass is 16.6. The third kappa shape index (κ3) is 11.0. The second-order valence-electron chi connectivity index (χ2n) is 18.1. The van der Waals surface area contributed by atoms with E-state index in [0.29, 0.717) is 37.3 Å². The molecular weight excluding hydrogens is 735 g/mol. The van der Waals surface area contributed by atoms with Gasteiger partial charge in [0, 0.05) is 98.2 Å². The Kier molecular flexibility index (Phi) is 13.7. The fourth-order valence-corrected chi connectivity index (χ4v) is 8.20. The Morgan fingerprint density at radius 2 is 1.50 bits per heavy atom. The Hall–Kier alpha value is -4.91. The zero-order valence-electron chi connectivity index (χ0n) is 36.7. The molecule has 2 fully saturated rings. The van der Waals surface area contributed by atoms with E-state index in [1.54, 1.807) is 4.90 Å². The molecule has 2 aromatic heterocycles. The molecule has 0 aliphatic carbocycles. The van der Waals surface area contributed by atoms with Gasteiger partial charge in [0.05, 0.1) is 5.69 Å². The molecule has 0 bridgehead atoms. The lowest BCUT2D eigenvalue weighted by molar-refractivity contribution is -0.00259. The molecule has 3 aromatic rings. The van der Waals surface area contributed by atoms with Crippen LogP contribution in [0.2, 0.25) is 0 Å². The molecule has 2 atom stereocenters. The summed E-state index contributed by atoms with van der Waals surface area (Å²) in [6, 6.07) is 10.0. The average molecular weight is 800 g/mol. The van der Waals surface area contributed by atoms with Crippen molar-refractivity contribution in [2.45, 2.75) is 138 Å². The largest absolute Gasteiger partial charge is 0.444 e. The number of carbonyl (C=O) groups is 3. The SMILES string of the molecule is CCN(c1cc(-c2ccc(CN3CCN(C(=O)OC(C)(C)C)CC3)nc2)cc(C(=O)NCc2c(C)cc(C)[nH]c2=O)c1C)C1CC(C)N(C(=O)OC(C)(C)C)C(C)C1. The van der Waals surface area contributed by atoms with Gasteiger partial charge in [0.1, 0.15) is 11.2 Å². The number of aromatic amines is 1. The maximum atomic E-state index is 14.1. The molecule has 2 aliphatic heterocycles. The Morgan fingerprint density at radius 1 is 0.879 bits per heavy atom. The van der Waals surface area contributed by atoms with Gasteiger partial charge in [-0.2, -0.15) is 0 Å². The van der Waals surface area contributed by atoms with Crippen LogP contribution in [0.1, 0.15) is 114 Å². The van der Waals surface area contributed by atoms with E-state index in [2.05, 4.69) is 46.9 Å². The molecule has 58 heavy (non-hydrogen) atoms. The van der Waals surface area contributed by atoms with Gasteiger partial charge in [-0.25, -0.2) is 9.59 Å². The molecule has 2 aliphatic rings. The molecule has 13 nitrogen and oxygen atoms in total. The summed E-state index contributed by atoms with van der Waals surface area (Å²) >= 11 is 0. The number of pyridine rings is 2. The predicted octanol–water partition coefficient (Wildman–Crippen LogP) is 7.35. The number of amides is 3. The van der Waals surface area contributed by atoms with Gasteiger partial charge in [-0.1, -0.05) is 6.07 Å². The molecule has 2 unspecified atom stereocenters. The summed E-state index contributed by atoms with van der Waals surface area (Å²) in [6.07, 6.45) is 2.75. The molecule has 1 aromatic carbocycles. The third-order valence-corrected chi connectivity index (χ3v) is 11.0. The lowest BCUT2D eigenvalue weighted by atomic mass is 9.90. The minimum atomic E-state index is -0.588. The van der Waals surface area contributed by atoms with Crippen LogP contribution in [0.3, 0.4) is 0 Å². The molecule has 316 valence electrons. The van der Waals surface area contributed by atoms with Crippen molar-refractivity contribution in [2.24, 2.45) is 0 Å². The van der Waals surface area contributed by atoms with Gasteiger partial charge in [-0.3, -0.25) is 19.5 Å². The Balaban J connectivity index is 1.41. The first-order chi connectivity index (χ1) is 27.1. The number of nitrogens with zero attached hydrogens (tertiary/aromatic N) is 5. The smallest absolute Gasteiger partial charge is 0.410 e. The zero-order valence-corrected chi connectivity index (χ0v) is 36.7. The first kappa shape index (κ1) is 44.2. The molecule has 2 N–H and O–H groups in total. The number of nitrogens with one attached hydrogen (secondary N) is 2. The number of hydrogen-bond donors (Lipinski definition) is 2. The fourth-order valence-electron chi connectivity index (χ4n) is 8.20. The Labute approximate surface area is 344 Å². The summed E-state index contributed by atoms with van der Waals surface area (Å²) < 4.78 is 11.3. The topological polar surface area (TPSA) is 140 Å². The first-order valence-corrected chi connectivity index (χ1v) is 20.7. The van der Waals surface area contributed by atoms with Crippen molar-refractivity contribution in [2.75, 3.05) is 37.6 Å². The van der Waals surface area contributed by atoms with Crippen molar-refractivity contribution >= 4 is 23.8 Å². The number of hydrogen-bond acceptors (Lipinski definition) is 9. The maximum Gasteiger partial charge on any atom is 0.410 e. The summed E-state index contributed by atoms with van der Waals surface area (Å²) in [5, 5.41) is 3.04. The third-order valence-electron chi connectivity index (χ3n) is 11.0. The number of anilines is 1. The van der Waals surface area contributed by atoms with Crippen LogP contribution in [0.25, 0.3) is 11.1 Å². The van der Waals surface area contributed by atoms with E-state index in [1.165, 1.54) is 0 Å². The Bertz CT molecular complexity index is 2000. The highest BCUT2D eigenvalue weighted by Gasteiger charge is 2.39. The maximum absolute atomic E-state index is 14.1. The van der Waals surface area contributed by atoms with Gasteiger partial charge < -0.3 is 34.5 Å². The van der Waals surface area contributed by atoms with Crippen molar-refractivity contribution < 1.29 is 23.9 Å². The molecule has 2 saturated heterocycles. The van der Waals surface area contributed by atoms with E-state index in [-0.39, 0.29) is 48.3 Å². The first-order valence-electron chi connectivity index (χ1n) is 20.7. The van der Waals surface area contributed by atoms with E-state index in [1.807, 2.05) is 97.7 Å². The van der Waals surface area contributed by atoms with Crippen molar-refractivity contribution in [3.8, 4) is 11.1 Å². The summed E-state index contributed by atoms with van der Waals surface area (Å²) in [5.74, 6) is -0.271. The normalized spacial score (nSPS) is 19.1. The number of benzene rings is 1. The van der Waals surface area contributed by atoms with E-state index < -0.39 is 11.2 Å². The highest BCUT2D eigenvalue weighted by Crippen LogP contribution is 2.36. The van der Waals surface area contributed by atoms with Crippen LogP contribution < -0.4 is 15.8 Å². The summed E-state index contributed by atoms with van der Waals surface area (Å²) in [4.78, 5) is 68.8. The molecule has 0 spiro atoms. The van der Waals surface area contributed by atoms with Gasteiger partial charge in [0.2, 0.25) is 0 Å². The average Bonchev–Trinajstić information content (AvgIpc) is 3.11. The van der Waals surface area contributed by atoms with E-state index in [9.17, 15) is 19.2 Å². The molecule has 0 radical (unpaired) electrons. The van der Waals surface area contributed by atoms with Crippen LogP contribution in [0, 0.1) is 20.8 Å². The number of likely N-dealkylation sites (tertiary alicyclic amines) is 1. The lowest BCUT2D eigenvalue weighted by Gasteiger charge is -2.47. The van der Waals surface area contributed by atoms with Crippen LogP contribution in [0.4, 0.5) is 15.3 Å². The number of aryl methyl sites for hydroxylation is 2.